The smallest absolute Gasteiger partial charge is 0.253 e. The number of amides is 1. The first-order chi connectivity index (χ1) is 12.7. The number of carbonyl (C=O) groups excluding carboxylic acids is 1. The lowest BCUT2D eigenvalue weighted by Gasteiger charge is -2.10. The molecule has 0 unspecified atom stereocenters. The summed E-state index contributed by atoms with van der Waals surface area (Å²) in [6.45, 7) is 0.502. The Morgan fingerprint density at radius 1 is 1.23 bits per heavy atom. The van der Waals surface area contributed by atoms with Crippen LogP contribution in [0, 0.1) is 0 Å². The molecule has 0 radical (unpaired) electrons. The van der Waals surface area contributed by atoms with E-state index in [9.17, 15) is 4.79 Å². The fraction of sp³-hybridized carbons (Fsp3) is 0.111. The topological polar surface area (TPSA) is 88.5 Å². The zero-order valence-electron chi connectivity index (χ0n) is 13.7. The zero-order valence-corrected chi connectivity index (χ0v) is 14.4. The Morgan fingerprint density at radius 2 is 2.15 bits per heavy atom. The maximum atomic E-state index is 12.6. The molecule has 4 aromatic rings. The normalized spacial score (nSPS) is 11.0. The molecule has 0 saturated heterocycles. The van der Waals surface area contributed by atoms with Crippen LogP contribution in [0.5, 0.6) is 0 Å². The molecule has 0 aliphatic carbocycles. The highest BCUT2D eigenvalue weighted by Gasteiger charge is 2.14. The predicted octanol–water partition coefficient (Wildman–Crippen LogP) is 2.77. The van der Waals surface area contributed by atoms with Crippen molar-refractivity contribution in [3.05, 3.63) is 71.4 Å². The molecule has 0 spiro atoms. The second kappa shape index (κ2) is 6.97. The number of aromatic amines is 1. The van der Waals surface area contributed by atoms with Gasteiger partial charge in [0.2, 0.25) is 0 Å². The maximum absolute atomic E-state index is 12.6. The third-order valence-corrected chi connectivity index (χ3v) is 4.31. The van der Waals surface area contributed by atoms with E-state index in [1.165, 1.54) is 11.0 Å². The third-order valence-electron chi connectivity index (χ3n) is 4.07. The van der Waals surface area contributed by atoms with Crippen LogP contribution in [0.3, 0.4) is 0 Å². The summed E-state index contributed by atoms with van der Waals surface area (Å²) in [5.74, 6) is -0.208. The predicted molar refractivity (Wildman–Crippen MR) is 98.5 cm³/mol. The molecule has 0 fully saturated rings. The molecule has 26 heavy (non-hydrogen) atoms. The highest BCUT2D eigenvalue weighted by Crippen LogP contribution is 2.19. The number of hydrogen-bond acceptors (Lipinski definition) is 4. The van der Waals surface area contributed by atoms with Gasteiger partial charge in [-0.2, -0.15) is 10.2 Å². The van der Waals surface area contributed by atoms with Crippen LogP contribution in [0.25, 0.3) is 16.6 Å². The molecule has 0 bridgehead atoms. The number of rotatable bonds is 5. The molecule has 0 atom stereocenters. The summed E-state index contributed by atoms with van der Waals surface area (Å²) in [7, 11) is 0. The highest BCUT2D eigenvalue weighted by atomic mass is 35.5. The van der Waals surface area contributed by atoms with Crippen LogP contribution in [0.4, 0.5) is 0 Å². The van der Waals surface area contributed by atoms with E-state index in [0.29, 0.717) is 29.2 Å². The lowest BCUT2D eigenvalue weighted by Crippen LogP contribution is -2.27. The maximum Gasteiger partial charge on any atom is 0.253 e. The summed E-state index contributed by atoms with van der Waals surface area (Å²) in [6, 6.07) is 11.2. The summed E-state index contributed by atoms with van der Waals surface area (Å²) in [5, 5.41) is 15.5. The Labute approximate surface area is 154 Å². The van der Waals surface area contributed by atoms with Gasteiger partial charge in [0.05, 0.1) is 23.0 Å². The first kappa shape index (κ1) is 16.3. The van der Waals surface area contributed by atoms with Crippen LogP contribution in [-0.2, 0) is 6.42 Å². The molecule has 8 heteroatoms. The number of carbonyl (C=O) groups is 1. The van der Waals surface area contributed by atoms with Gasteiger partial charge in [0.1, 0.15) is 12.7 Å². The number of aromatic nitrogens is 5. The molecule has 7 nitrogen and oxygen atoms in total. The van der Waals surface area contributed by atoms with Gasteiger partial charge >= 0.3 is 0 Å². The van der Waals surface area contributed by atoms with Crippen LogP contribution in [0.15, 0.2) is 55.2 Å². The zero-order chi connectivity index (χ0) is 17.9. The fourth-order valence-electron chi connectivity index (χ4n) is 2.78. The van der Waals surface area contributed by atoms with Crippen molar-refractivity contribution in [3.8, 4) is 5.69 Å². The molecule has 0 saturated carbocycles. The van der Waals surface area contributed by atoms with Crippen LogP contribution >= 0.6 is 11.6 Å². The number of hydrogen-bond donors (Lipinski definition) is 2. The van der Waals surface area contributed by atoms with E-state index in [1.807, 2.05) is 18.2 Å². The van der Waals surface area contributed by atoms with Crippen LogP contribution in [0.1, 0.15) is 15.9 Å². The van der Waals surface area contributed by atoms with Gasteiger partial charge in [-0.15, -0.1) is 0 Å². The largest absolute Gasteiger partial charge is 0.352 e. The van der Waals surface area contributed by atoms with Crippen molar-refractivity contribution in [1.82, 2.24) is 30.3 Å². The van der Waals surface area contributed by atoms with E-state index in [-0.39, 0.29) is 5.91 Å². The Hall–Kier alpha value is -3.19. The van der Waals surface area contributed by atoms with Crippen LogP contribution in [-0.4, -0.2) is 37.4 Å². The summed E-state index contributed by atoms with van der Waals surface area (Å²) in [5.41, 5.74) is 3.18. The molecule has 4 rings (SSSR count). The van der Waals surface area contributed by atoms with Gasteiger partial charge < -0.3 is 5.32 Å². The van der Waals surface area contributed by atoms with Crippen molar-refractivity contribution in [2.75, 3.05) is 6.54 Å². The Kier molecular flexibility index (Phi) is 4.37. The molecule has 2 heterocycles. The fourth-order valence-corrected chi connectivity index (χ4v) is 2.95. The van der Waals surface area contributed by atoms with Gasteiger partial charge in [0.15, 0.2) is 0 Å². The molecule has 0 aliphatic rings. The molecule has 0 aliphatic heterocycles. The van der Waals surface area contributed by atoms with Gasteiger partial charge in [-0.3, -0.25) is 9.89 Å². The second-order valence-corrected chi connectivity index (χ2v) is 6.24. The Morgan fingerprint density at radius 3 is 3.00 bits per heavy atom. The van der Waals surface area contributed by atoms with Crippen LogP contribution < -0.4 is 5.32 Å². The van der Waals surface area contributed by atoms with Crippen molar-refractivity contribution in [2.45, 2.75) is 6.42 Å². The van der Waals surface area contributed by atoms with E-state index in [4.69, 9.17) is 11.6 Å². The van der Waals surface area contributed by atoms with E-state index in [2.05, 4.69) is 25.6 Å². The summed E-state index contributed by atoms with van der Waals surface area (Å²) < 4.78 is 1.54. The SMILES string of the molecule is O=C(NCCc1ccc2cn[nH]c2c1)c1cc(Cl)ccc1-n1cncn1. The van der Waals surface area contributed by atoms with Gasteiger partial charge in [0.25, 0.3) is 5.91 Å². The molecule has 2 N–H and O–H groups in total. The lowest BCUT2D eigenvalue weighted by atomic mass is 10.1. The molecule has 2 aromatic heterocycles. The quantitative estimate of drug-likeness (QED) is 0.568. The van der Waals surface area contributed by atoms with Crippen molar-refractivity contribution in [3.63, 3.8) is 0 Å². The lowest BCUT2D eigenvalue weighted by molar-refractivity contribution is 0.0954. The number of halogens is 1. The van der Waals surface area contributed by atoms with Crippen LogP contribution in [0.2, 0.25) is 5.02 Å². The molecule has 1 amide bonds. The Bertz CT molecular complexity index is 1060. The highest BCUT2D eigenvalue weighted by molar-refractivity contribution is 6.31. The first-order valence-electron chi connectivity index (χ1n) is 8.05. The molecular weight excluding hydrogens is 352 g/mol. The summed E-state index contributed by atoms with van der Waals surface area (Å²) >= 11 is 6.06. The molecular formula is C18H15ClN6O. The van der Waals surface area contributed by atoms with E-state index in [1.54, 1.807) is 30.7 Å². The van der Waals surface area contributed by atoms with Crippen molar-refractivity contribution < 1.29 is 4.79 Å². The van der Waals surface area contributed by atoms with Crippen molar-refractivity contribution in [1.29, 1.82) is 0 Å². The average Bonchev–Trinajstić information content (AvgIpc) is 3.33. The van der Waals surface area contributed by atoms with E-state index < -0.39 is 0 Å². The molecule has 130 valence electrons. The van der Waals surface area contributed by atoms with E-state index in [0.717, 1.165) is 16.5 Å². The first-order valence-corrected chi connectivity index (χ1v) is 8.43. The third kappa shape index (κ3) is 3.29. The van der Waals surface area contributed by atoms with Gasteiger partial charge in [-0.25, -0.2) is 9.67 Å². The van der Waals surface area contributed by atoms with Crippen molar-refractivity contribution >= 4 is 28.4 Å². The molecule has 2 aromatic carbocycles. The number of nitrogens with zero attached hydrogens (tertiary/aromatic N) is 4. The second-order valence-electron chi connectivity index (χ2n) is 5.80. The number of benzene rings is 2. The van der Waals surface area contributed by atoms with Gasteiger partial charge in [-0.1, -0.05) is 23.7 Å². The van der Waals surface area contributed by atoms with E-state index >= 15 is 0 Å². The average molecular weight is 367 g/mol. The van der Waals surface area contributed by atoms with Gasteiger partial charge in [-0.05, 0) is 36.2 Å². The number of nitrogens with one attached hydrogen (secondary N) is 2. The number of fused-ring (bicyclic) bond motifs is 1. The standard InChI is InChI=1S/C18H15ClN6O/c19-14-3-4-17(25-11-20-10-23-25)15(8-14)18(26)21-6-5-12-1-2-13-9-22-24-16(13)7-12/h1-4,7-11H,5-6H2,(H,21,26)(H,22,24). The minimum atomic E-state index is -0.208. The Balaban J connectivity index is 1.47. The van der Waals surface area contributed by atoms with Gasteiger partial charge in [0, 0.05) is 17.0 Å². The summed E-state index contributed by atoms with van der Waals surface area (Å²) in [4.78, 5) is 16.5. The van der Waals surface area contributed by atoms with Crippen molar-refractivity contribution in [2.24, 2.45) is 0 Å². The monoisotopic (exact) mass is 366 g/mol. The number of H-pyrrole nitrogens is 1. The minimum absolute atomic E-state index is 0.208. The minimum Gasteiger partial charge on any atom is -0.352 e. The summed E-state index contributed by atoms with van der Waals surface area (Å²) in [6.07, 6.45) is 5.45.